The SMILES string of the molecule is CNCc1ccc(S(=O)(=O)NCc2ncn[nH]2)cc1. The zero-order valence-corrected chi connectivity index (χ0v) is 11.2. The van der Waals surface area contributed by atoms with E-state index >= 15 is 0 Å². The van der Waals surface area contributed by atoms with Gasteiger partial charge in [-0.1, -0.05) is 12.1 Å². The van der Waals surface area contributed by atoms with Gasteiger partial charge in [0.1, 0.15) is 12.2 Å². The zero-order valence-electron chi connectivity index (χ0n) is 10.4. The van der Waals surface area contributed by atoms with Crippen LogP contribution in [0.3, 0.4) is 0 Å². The summed E-state index contributed by atoms with van der Waals surface area (Å²) in [7, 11) is -1.69. The van der Waals surface area contributed by atoms with Gasteiger partial charge in [0, 0.05) is 6.54 Å². The number of nitrogens with zero attached hydrogens (tertiary/aromatic N) is 2. The standard InChI is InChI=1S/C11H15N5O2S/c1-12-6-9-2-4-10(5-3-9)19(17,18)15-7-11-13-8-14-16-11/h2-5,8,12,15H,6-7H2,1H3,(H,13,14,16). The zero-order chi connectivity index (χ0) is 13.7. The molecule has 0 aliphatic carbocycles. The molecule has 0 bridgehead atoms. The summed E-state index contributed by atoms with van der Waals surface area (Å²) < 4.78 is 26.5. The quantitative estimate of drug-likeness (QED) is 0.692. The fraction of sp³-hybridized carbons (Fsp3) is 0.273. The van der Waals surface area contributed by atoms with Crippen LogP contribution < -0.4 is 10.0 Å². The summed E-state index contributed by atoms with van der Waals surface area (Å²) in [6.07, 6.45) is 1.33. The number of hydrogen-bond acceptors (Lipinski definition) is 5. The molecule has 8 heteroatoms. The van der Waals surface area contributed by atoms with Crippen molar-refractivity contribution in [3.05, 3.63) is 42.0 Å². The van der Waals surface area contributed by atoms with Crippen LogP contribution in [0.15, 0.2) is 35.5 Å². The molecule has 1 aromatic carbocycles. The van der Waals surface area contributed by atoms with Gasteiger partial charge < -0.3 is 5.32 Å². The molecular weight excluding hydrogens is 266 g/mol. The number of sulfonamides is 1. The molecule has 0 unspecified atom stereocenters. The Morgan fingerprint density at radius 2 is 1.95 bits per heavy atom. The number of rotatable bonds is 6. The third-order valence-electron chi connectivity index (χ3n) is 2.51. The Labute approximate surface area is 111 Å². The lowest BCUT2D eigenvalue weighted by molar-refractivity contribution is 0.579. The number of aromatic nitrogens is 3. The maximum absolute atomic E-state index is 12.0. The molecule has 0 amide bonds. The molecule has 1 heterocycles. The molecule has 0 fully saturated rings. The first-order valence-corrected chi connectivity index (χ1v) is 7.17. The first-order valence-electron chi connectivity index (χ1n) is 5.69. The lowest BCUT2D eigenvalue weighted by atomic mass is 10.2. The third-order valence-corrected chi connectivity index (χ3v) is 3.93. The summed E-state index contributed by atoms with van der Waals surface area (Å²) in [5, 5.41) is 9.24. The van der Waals surface area contributed by atoms with E-state index < -0.39 is 10.0 Å². The van der Waals surface area contributed by atoms with Crippen LogP contribution in [0.2, 0.25) is 0 Å². The maximum atomic E-state index is 12.0. The number of nitrogens with one attached hydrogen (secondary N) is 3. The average Bonchev–Trinajstić information content (AvgIpc) is 2.91. The van der Waals surface area contributed by atoms with Crippen LogP contribution in [-0.4, -0.2) is 30.6 Å². The molecule has 1 aromatic heterocycles. The predicted octanol–water partition coefficient (Wildman–Crippen LogP) is 0.00260. The van der Waals surface area contributed by atoms with E-state index in [9.17, 15) is 8.42 Å². The van der Waals surface area contributed by atoms with Crippen molar-refractivity contribution in [3.63, 3.8) is 0 Å². The van der Waals surface area contributed by atoms with Crippen molar-refractivity contribution in [1.82, 2.24) is 25.2 Å². The molecule has 19 heavy (non-hydrogen) atoms. The largest absolute Gasteiger partial charge is 0.316 e. The van der Waals surface area contributed by atoms with E-state index in [2.05, 4.69) is 25.2 Å². The summed E-state index contributed by atoms with van der Waals surface area (Å²) in [5.74, 6) is 0.468. The molecule has 0 radical (unpaired) electrons. The first kappa shape index (κ1) is 13.7. The summed E-state index contributed by atoms with van der Waals surface area (Å²) in [6.45, 7) is 0.784. The second-order valence-corrected chi connectivity index (χ2v) is 5.70. The van der Waals surface area contributed by atoms with E-state index in [1.54, 1.807) is 24.3 Å². The van der Waals surface area contributed by atoms with Crippen molar-refractivity contribution < 1.29 is 8.42 Å². The fourth-order valence-corrected chi connectivity index (χ4v) is 2.54. The van der Waals surface area contributed by atoms with Gasteiger partial charge >= 0.3 is 0 Å². The lowest BCUT2D eigenvalue weighted by Crippen LogP contribution is -2.23. The van der Waals surface area contributed by atoms with E-state index in [4.69, 9.17) is 0 Å². The predicted molar refractivity (Wildman–Crippen MR) is 69.6 cm³/mol. The topological polar surface area (TPSA) is 99.8 Å². The maximum Gasteiger partial charge on any atom is 0.240 e. The number of H-pyrrole nitrogens is 1. The number of aromatic amines is 1. The Hall–Kier alpha value is -1.77. The summed E-state index contributed by atoms with van der Waals surface area (Å²) in [4.78, 5) is 4.08. The highest BCUT2D eigenvalue weighted by atomic mass is 32.2. The van der Waals surface area contributed by atoms with E-state index in [0.717, 1.165) is 5.56 Å². The number of hydrogen-bond donors (Lipinski definition) is 3. The van der Waals surface area contributed by atoms with Crippen LogP contribution in [0.25, 0.3) is 0 Å². The van der Waals surface area contributed by atoms with E-state index in [-0.39, 0.29) is 11.4 Å². The van der Waals surface area contributed by atoms with Crippen molar-refractivity contribution in [3.8, 4) is 0 Å². The van der Waals surface area contributed by atoms with E-state index in [0.29, 0.717) is 12.4 Å². The van der Waals surface area contributed by atoms with Gasteiger partial charge in [0.25, 0.3) is 0 Å². The average molecular weight is 281 g/mol. The van der Waals surface area contributed by atoms with E-state index in [1.807, 2.05) is 7.05 Å². The minimum absolute atomic E-state index is 0.0839. The normalized spacial score (nSPS) is 11.6. The molecule has 2 aromatic rings. The van der Waals surface area contributed by atoms with Crippen molar-refractivity contribution in [1.29, 1.82) is 0 Å². The fourth-order valence-electron chi connectivity index (χ4n) is 1.55. The Balaban J connectivity index is 2.06. The Bertz CT molecular complexity index is 607. The highest BCUT2D eigenvalue weighted by Crippen LogP contribution is 2.10. The summed E-state index contributed by atoms with van der Waals surface area (Å²) >= 11 is 0. The smallest absolute Gasteiger partial charge is 0.240 e. The second-order valence-electron chi connectivity index (χ2n) is 3.93. The van der Waals surface area contributed by atoms with Crippen LogP contribution in [0.4, 0.5) is 0 Å². The molecule has 0 aliphatic rings. The van der Waals surface area contributed by atoms with Gasteiger partial charge in [-0.25, -0.2) is 18.1 Å². The van der Waals surface area contributed by atoms with Crippen LogP contribution in [0.1, 0.15) is 11.4 Å². The Morgan fingerprint density at radius 3 is 2.53 bits per heavy atom. The summed E-state index contributed by atoms with van der Waals surface area (Å²) in [5.41, 5.74) is 1.02. The van der Waals surface area contributed by atoms with Crippen LogP contribution in [0, 0.1) is 0 Å². The van der Waals surface area contributed by atoms with Gasteiger partial charge in [0.05, 0.1) is 11.4 Å². The van der Waals surface area contributed by atoms with Crippen LogP contribution >= 0.6 is 0 Å². The Morgan fingerprint density at radius 1 is 1.21 bits per heavy atom. The van der Waals surface area contributed by atoms with Gasteiger partial charge in [-0.15, -0.1) is 0 Å². The molecule has 0 atom stereocenters. The third kappa shape index (κ3) is 3.60. The Kier molecular flexibility index (Phi) is 4.25. The molecule has 7 nitrogen and oxygen atoms in total. The van der Waals surface area contributed by atoms with Crippen LogP contribution in [-0.2, 0) is 23.1 Å². The number of benzene rings is 1. The lowest BCUT2D eigenvalue weighted by Gasteiger charge is -2.06. The van der Waals surface area contributed by atoms with Crippen molar-refractivity contribution in [2.75, 3.05) is 7.05 Å². The molecular formula is C11H15N5O2S. The van der Waals surface area contributed by atoms with E-state index in [1.165, 1.54) is 6.33 Å². The van der Waals surface area contributed by atoms with Crippen molar-refractivity contribution in [2.24, 2.45) is 0 Å². The van der Waals surface area contributed by atoms with Crippen molar-refractivity contribution >= 4 is 10.0 Å². The van der Waals surface area contributed by atoms with Gasteiger partial charge in [-0.05, 0) is 24.7 Å². The first-order chi connectivity index (χ1) is 9.12. The minimum Gasteiger partial charge on any atom is -0.316 e. The summed E-state index contributed by atoms with van der Waals surface area (Å²) in [6, 6.07) is 6.71. The minimum atomic E-state index is -3.53. The second kappa shape index (κ2) is 5.91. The highest BCUT2D eigenvalue weighted by molar-refractivity contribution is 7.89. The van der Waals surface area contributed by atoms with Gasteiger partial charge in [-0.3, -0.25) is 5.10 Å². The molecule has 0 saturated carbocycles. The van der Waals surface area contributed by atoms with Gasteiger partial charge in [0.2, 0.25) is 10.0 Å². The molecule has 2 rings (SSSR count). The molecule has 3 N–H and O–H groups in total. The highest BCUT2D eigenvalue weighted by Gasteiger charge is 2.13. The van der Waals surface area contributed by atoms with Gasteiger partial charge in [0.15, 0.2) is 0 Å². The molecule has 0 saturated heterocycles. The molecule has 0 aliphatic heterocycles. The van der Waals surface area contributed by atoms with Gasteiger partial charge in [-0.2, -0.15) is 5.10 Å². The van der Waals surface area contributed by atoms with Crippen molar-refractivity contribution in [2.45, 2.75) is 18.0 Å². The molecule has 102 valence electrons. The monoisotopic (exact) mass is 281 g/mol. The molecule has 0 spiro atoms. The van der Waals surface area contributed by atoms with Crippen LogP contribution in [0.5, 0.6) is 0 Å².